The quantitative estimate of drug-likeness (QED) is 0.478. The van der Waals surface area contributed by atoms with Crippen LogP contribution in [0.5, 0.6) is 5.75 Å². The molecule has 1 unspecified atom stereocenters. The van der Waals surface area contributed by atoms with Crippen LogP contribution in [0.25, 0.3) is 10.9 Å². The number of nitrogens with zero attached hydrogens (tertiary/aromatic N) is 2. The summed E-state index contributed by atoms with van der Waals surface area (Å²) in [5.74, 6) is 1.18. The Morgan fingerprint density at radius 1 is 1.12 bits per heavy atom. The number of rotatable bonds is 3. The zero-order valence-corrected chi connectivity index (χ0v) is 19.0. The number of H-pyrrole nitrogens is 1. The molecule has 0 saturated heterocycles. The molecule has 168 valence electrons. The lowest BCUT2D eigenvalue weighted by Gasteiger charge is -2.36. The number of hydrogen-bond donors (Lipinski definition) is 1. The minimum atomic E-state index is -0.234. The summed E-state index contributed by atoms with van der Waals surface area (Å²) in [6.07, 6.45) is 4.72. The fourth-order valence-electron chi connectivity index (χ4n) is 5.57. The molecule has 1 aliphatic heterocycles. The zero-order valence-electron chi connectivity index (χ0n) is 19.0. The highest BCUT2D eigenvalue weighted by Gasteiger charge is 2.38. The summed E-state index contributed by atoms with van der Waals surface area (Å²) >= 11 is 0. The number of aromatic nitrogens is 2. The van der Waals surface area contributed by atoms with Crippen molar-refractivity contribution in [1.82, 2.24) is 15.0 Å². The molecule has 0 radical (unpaired) electrons. The Kier molecular flexibility index (Phi) is 4.75. The van der Waals surface area contributed by atoms with E-state index in [9.17, 15) is 4.79 Å². The van der Waals surface area contributed by atoms with Crippen LogP contribution in [0.15, 0.2) is 47.0 Å². The molecule has 1 amide bonds. The van der Waals surface area contributed by atoms with Crippen molar-refractivity contribution in [2.45, 2.75) is 45.1 Å². The van der Waals surface area contributed by atoms with Crippen LogP contribution < -0.4 is 4.74 Å². The summed E-state index contributed by atoms with van der Waals surface area (Å²) in [7, 11) is 1.68. The van der Waals surface area contributed by atoms with Crippen LogP contribution in [0, 0.1) is 6.92 Å². The van der Waals surface area contributed by atoms with E-state index in [1.807, 2.05) is 24.0 Å². The molecular formula is C27H27N3O3. The number of amides is 1. The number of carbonyl (C=O) groups excluding carboxylic acids is 1. The highest BCUT2D eigenvalue weighted by molar-refractivity contribution is 5.94. The van der Waals surface area contributed by atoms with Crippen LogP contribution >= 0.6 is 0 Å². The fourth-order valence-corrected chi connectivity index (χ4v) is 5.57. The van der Waals surface area contributed by atoms with Crippen LogP contribution in [0.2, 0.25) is 0 Å². The van der Waals surface area contributed by atoms with E-state index in [0.717, 1.165) is 71.4 Å². The molecule has 4 aromatic rings. The van der Waals surface area contributed by atoms with Gasteiger partial charge in [0.2, 0.25) is 5.76 Å². The van der Waals surface area contributed by atoms with Crippen molar-refractivity contribution in [2.24, 2.45) is 0 Å². The Bertz CT molecular complexity index is 1370. The van der Waals surface area contributed by atoms with Gasteiger partial charge in [0.1, 0.15) is 5.75 Å². The molecule has 1 aliphatic carbocycles. The van der Waals surface area contributed by atoms with E-state index in [2.05, 4.69) is 40.5 Å². The summed E-state index contributed by atoms with van der Waals surface area (Å²) < 4.78 is 11.1. The van der Waals surface area contributed by atoms with Crippen molar-refractivity contribution >= 4 is 16.8 Å². The van der Waals surface area contributed by atoms with Gasteiger partial charge in [-0.15, -0.1) is 0 Å². The van der Waals surface area contributed by atoms with Gasteiger partial charge in [-0.3, -0.25) is 4.79 Å². The van der Waals surface area contributed by atoms with Gasteiger partial charge in [-0.05, 0) is 73.9 Å². The molecule has 2 aromatic carbocycles. The third-order valence-corrected chi connectivity index (χ3v) is 7.18. The predicted octanol–water partition coefficient (Wildman–Crippen LogP) is 5.14. The van der Waals surface area contributed by atoms with Crippen LogP contribution in [-0.4, -0.2) is 34.6 Å². The number of para-hydroxylation sites is 1. The second kappa shape index (κ2) is 7.80. The van der Waals surface area contributed by atoms with Gasteiger partial charge in [0.25, 0.3) is 5.91 Å². The minimum Gasteiger partial charge on any atom is -0.496 e. The summed E-state index contributed by atoms with van der Waals surface area (Å²) in [6.45, 7) is 2.66. The Labute approximate surface area is 192 Å². The van der Waals surface area contributed by atoms with Gasteiger partial charge in [-0.25, -0.2) is 0 Å². The Morgan fingerprint density at radius 3 is 2.82 bits per heavy atom. The molecule has 6 heteroatoms. The second-order valence-electron chi connectivity index (χ2n) is 9.09. The van der Waals surface area contributed by atoms with E-state index >= 15 is 0 Å². The highest BCUT2D eigenvalue weighted by atomic mass is 16.5. The third kappa shape index (κ3) is 3.16. The molecule has 0 fully saturated rings. The standard InChI is InChI=1S/C27H27N3O3/c1-16-15-17(11-12-23(16)32-2)25-24-19(18-7-3-5-9-21(18)28-24)13-14-30(25)27(31)26-20-8-4-6-10-22(20)29-33-26/h3,5,7,9,11-12,15,25,28H,4,6,8,10,13-14H2,1-2H3. The monoisotopic (exact) mass is 441 g/mol. The first-order chi connectivity index (χ1) is 16.2. The van der Waals surface area contributed by atoms with E-state index in [1.54, 1.807) is 7.11 Å². The van der Waals surface area contributed by atoms with Crippen LogP contribution in [0.1, 0.15) is 63.1 Å². The first kappa shape index (κ1) is 20.1. The second-order valence-corrected chi connectivity index (χ2v) is 9.09. The van der Waals surface area contributed by atoms with Crippen molar-refractivity contribution in [3.8, 4) is 5.75 Å². The molecule has 1 atom stereocenters. The number of carbonyl (C=O) groups is 1. The van der Waals surface area contributed by atoms with Crippen molar-refractivity contribution in [2.75, 3.05) is 13.7 Å². The molecule has 6 rings (SSSR count). The molecule has 6 nitrogen and oxygen atoms in total. The highest BCUT2D eigenvalue weighted by Crippen LogP contribution is 2.40. The van der Waals surface area contributed by atoms with E-state index in [1.165, 1.54) is 10.9 Å². The molecule has 3 heterocycles. The van der Waals surface area contributed by atoms with E-state index in [0.29, 0.717) is 12.3 Å². The van der Waals surface area contributed by atoms with E-state index in [4.69, 9.17) is 9.26 Å². The van der Waals surface area contributed by atoms with Gasteiger partial charge < -0.3 is 19.1 Å². The van der Waals surface area contributed by atoms with Crippen LogP contribution in [0.4, 0.5) is 0 Å². The first-order valence-electron chi connectivity index (χ1n) is 11.7. The smallest absolute Gasteiger partial charge is 0.293 e. The summed E-state index contributed by atoms with van der Waals surface area (Å²) in [6, 6.07) is 14.3. The average molecular weight is 442 g/mol. The van der Waals surface area contributed by atoms with Crippen molar-refractivity contribution in [3.63, 3.8) is 0 Å². The SMILES string of the molecule is COc1ccc(C2c3[nH]c4ccccc4c3CCN2C(=O)c2onc3c2CCCC3)cc1C. The topological polar surface area (TPSA) is 71.4 Å². The lowest BCUT2D eigenvalue weighted by molar-refractivity contribution is 0.0647. The van der Waals surface area contributed by atoms with Gasteiger partial charge in [-0.1, -0.05) is 29.4 Å². The molecule has 0 spiro atoms. The summed E-state index contributed by atoms with van der Waals surface area (Å²) in [5, 5.41) is 5.47. The van der Waals surface area contributed by atoms with Crippen LogP contribution in [0.3, 0.4) is 0 Å². The van der Waals surface area contributed by atoms with Crippen molar-refractivity contribution < 1.29 is 14.1 Å². The van der Waals surface area contributed by atoms with Gasteiger partial charge in [-0.2, -0.15) is 0 Å². The summed E-state index contributed by atoms with van der Waals surface area (Å²) in [5.41, 5.74) is 7.51. The normalized spacial score (nSPS) is 17.6. The zero-order chi connectivity index (χ0) is 22.5. The average Bonchev–Trinajstić information content (AvgIpc) is 3.44. The number of hydrogen-bond acceptors (Lipinski definition) is 4. The van der Waals surface area contributed by atoms with Gasteiger partial charge in [0, 0.05) is 28.7 Å². The molecule has 1 N–H and O–H groups in total. The van der Waals surface area contributed by atoms with E-state index < -0.39 is 0 Å². The van der Waals surface area contributed by atoms with Gasteiger partial charge in [0.15, 0.2) is 0 Å². The molecule has 0 bridgehead atoms. The number of ether oxygens (including phenoxy) is 1. The molecule has 33 heavy (non-hydrogen) atoms. The maximum Gasteiger partial charge on any atom is 0.293 e. The van der Waals surface area contributed by atoms with Gasteiger partial charge >= 0.3 is 0 Å². The maximum absolute atomic E-state index is 13.9. The lowest BCUT2D eigenvalue weighted by Crippen LogP contribution is -2.41. The molecule has 2 aliphatic rings. The van der Waals surface area contributed by atoms with E-state index in [-0.39, 0.29) is 11.9 Å². The van der Waals surface area contributed by atoms with Crippen molar-refractivity contribution in [3.05, 3.63) is 81.9 Å². The lowest BCUT2D eigenvalue weighted by atomic mass is 9.90. The Balaban J connectivity index is 1.49. The number of nitrogens with one attached hydrogen (secondary N) is 1. The van der Waals surface area contributed by atoms with Gasteiger partial charge in [0.05, 0.1) is 18.8 Å². The molecule has 0 saturated carbocycles. The summed E-state index contributed by atoms with van der Waals surface area (Å²) in [4.78, 5) is 19.5. The van der Waals surface area contributed by atoms with Crippen molar-refractivity contribution in [1.29, 1.82) is 0 Å². The number of methoxy groups -OCH3 is 1. The fraction of sp³-hybridized carbons (Fsp3) is 0.333. The first-order valence-corrected chi connectivity index (χ1v) is 11.7. The largest absolute Gasteiger partial charge is 0.496 e. The minimum absolute atomic E-state index is 0.0755. The number of aromatic amines is 1. The number of fused-ring (bicyclic) bond motifs is 4. The Morgan fingerprint density at radius 2 is 1.97 bits per heavy atom. The predicted molar refractivity (Wildman–Crippen MR) is 126 cm³/mol. The molecular weight excluding hydrogens is 414 g/mol. The molecule has 2 aromatic heterocycles. The maximum atomic E-state index is 13.9. The Hall–Kier alpha value is -3.54. The number of aryl methyl sites for hydroxylation is 2. The number of benzene rings is 2. The third-order valence-electron chi connectivity index (χ3n) is 7.18. The van der Waals surface area contributed by atoms with Crippen LogP contribution in [-0.2, 0) is 19.3 Å².